The van der Waals surface area contributed by atoms with Gasteiger partial charge in [-0.1, -0.05) is 19.4 Å². The van der Waals surface area contributed by atoms with E-state index < -0.39 is 0 Å². The van der Waals surface area contributed by atoms with E-state index in [1.807, 2.05) is 0 Å². The average Bonchev–Trinajstić information content (AvgIpc) is 3.14. The van der Waals surface area contributed by atoms with Crippen LogP contribution in [0.5, 0.6) is 11.5 Å². The van der Waals surface area contributed by atoms with Crippen LogP contribution in [0.3, 0.4) is 0 Å². The van der Waals surface area contributed by atoms with Gasteiger partial charge in [-0.05, 0) is 42.9 Å². The van der Waals surface area contributed by atoms with Gasteiger partial charge in [0.2, 0.25) is 0 Å². The summed E-state index contributed by atoms with van der Waals surface area (Å²) in [6, 6.07) is 7.79. The normalized spacial score (nSPS) is 30.2. The molecule has 4 unspecified atom stereocenters. The summed E-state index contributed by atoms with van der Waals surface area (Å²) < 4.78 is 17.1. The van der Waals surface area contributed by atoms with E-state index in [2.05, 4.69) is 35.8 Å². The second-order valence-electron chi connectivity index (χ2n) is 7.37. The average molecular weight is 346 g/mol. The Morgan fingerprint density at radius 1 is 1.16 bits per heavy atom. The molecular weight excluding hydrogens is 316 g/mol. The molecule has 1 aromatic carbocycles. The monoisotopic (exact) mass is 346 g/mol. The van der Waals surface area contributed by atoms with Gasteiger partial charge in [-0.25, -0.2) is 0 Å². The van der Waals surface area contributed by atoms with Gasteiger partial charge in [-0.2, -0.15) is 0 Å². The molecule has 4 rings (SSSR count). The maximum atomic E-state index is 5.77. The van der Waals surface area contributed by atoms with Crippen LogP contribution in [-0.2, 0) is 4.74 Å². The van der Waals surface area contributed by atoms with Crippen LogP contribution in [-0.4, -0.2) is 45.1 Å². The van der Waals surface area contributed by atoms with Crippen LogP contribution in [0.2, 0.25) is 0 Å². The molecular formula is C20H30N2O3. The van der Waals surface area contributed by atoms with Crippen LogP contribution in [0.1, 0.15) is 44.2 Å². The van der Waals surface area contributed by atoms with Gasteiger partial charge in [0.05, 0.1) is 13.2 Å². The van der Waals surface area contributed by atoms with E-state index in [1.54, 1.807) is 0 Å². The van der Waals surface area contributed by atoms with Crippen LogP contribution >= 0.6 is 0 Å². The van der Waals surface area contributed by atoms with Gasteiger partial charge in [0.1, 0.15) is 13.2 Å². The number of rotatable bonds is 5. The Morgan fingerprint density at radius 2 is 2.04 bits per heavy atom. The predicted octanol–water partition coefficient (Wildman–Crippen LogP) is 2.66. The van der Waals surface area contributed by atoms with Crippen LogP contribution < -0.4 is 20.1 Å². The number of fused-ring (bicyclic) bond motifs is 1. The van der Waals surface area contributed by atoms with E-state index >= 15 is 0 Å². The lowest BCUT2D eigenvalue weighted by Crippen LogP contribution is -2.51. The van der Waals surface area contributed by atoms with E-state index in [9.17, 15) is 0 Å². The minimum absolute atomic E-state index is 0.353. The predicted molar refractivity (Wildman–Crippen MR) is 97.3 cm³/mol. The lowest BCUT2D eigenvalue weighted by molar-refractivity contribution is 0.0516. The molecule has 1 aromatic rings. The first-order chi connectivity index (χ1) is 12.3. The molecule has 0 bridgehead atoms. The van der Waals surface area contributed by atoms with Gasteiger partial charge >= 0.3 is 0 Å². The molecule has 5 nitrogen and oxygen atoms in total. The first-order valence-corrected chi connectivity index (χ1v) is 9.82. The molecule has 1 aliphatic carbocycles. The fraction of sp³-hybridized carbons (Fsp3) is 0.700. The second-order valence-corrected chi connectivity index (χ2v) is 7.37. The van der Waals surface area contributed by atoms with Gasteiger partial charge in [0.15, 0.2) is 11.5 Å². The highest BCUT2D eigenvalue weighted by atomic mass is 16.6. The Morgan fingerprint density at radius 3 is 2.84 bits per heavy atom. The maximum Gasteiger partial charge on any atom is 0.161 e. The highest BCUT2D eigenvalue weighted by molar-refractivity contribution is 5.44. The highest BCUT2D eigenvalue weighted by Crippen LogP contribution is 2.35. The van der Waals surface area contributed by atoms with E-state index in [0.717, 1.165) is 37.7 Å². The summed E-state index contributed by atoms with van der Waals surface area (Å²) in [5.74, 6) is 2.41. The number of hydrogen-bond acceptors (Lipinski definition) is 5. The van der Waals surface area contributed by atoms with Crippen molar-refractivity contribution in [2.45, 2.75) is 50.7 Å². The molecule has 1 saturated carbocycles. The molecule has 2 heterocycles. The van der Waals surface area contributed by atoms with E-state index in [1.165, 1.54) is 24.8 Å². The minimum Gasteiger partial charge on any atom is -0.486 e. The largest absolute Gasteiger partial charge is 0.486 e. The van der Waals surface area contributed by atoms with Gasteiger partial charge < -0.3 is 24.8 Å². The summed E-state index contributed by atoms with van der Waals surface area (Å²) in [5.41, 5.74) is 1.30. The summed E-state index contributed by atoms with van der Waals surface area (Å²) in [6.45, 7) is 6.20. The molecule has 0 radical (unpaired) electrons. The van der Waals surface area contributed by atoms with Crippen molar-refractivity contribution in [3.8, 4) is 11.5 Å². The summed E-state index contributed by atoms with van der Waals surface area (Å²) in [5, 5.41) is 7.61. The summed E-state index contributed by atoms with van der Waals surface area (Å²) in [4.78, 5) is 0. The van der Waals surface area contributed by atoms with Gasteiger partial charge in [0, 0.05) is 24.7 Å². The van der Waals surface area contributed by atoms with Gasteiger partial charge in [0.25, 0.3) is 0 Å². The lowest BCUT2D eigenvalue weighted by Gasteiger charge is -2.35. The molecule has 3 aliphatic rings. The van der Waals surface area contributed by atoms with Crippen LogP contribution in [0.15, 0.2) is 18.2 Å². The molecule has 138 valence electrons. The summed E-state index contributed by atoms with van der Waals surface area (Å²) >= 11 is 0. The van der Waals surface area contributed by atoms with E-state index in [4.69, 9.17) is 14.2 Å². The Bertz CT molecular complexity index is 574. The molecule has 2 aliphatic heterocycles. The smallest absolute Gasteiger partial charge is 0.161 e. The third kappa shape index (κ3) is 3.78. The van der Waals surface area contributed by atoms with Crippen molar-refractivity contribution in [3.05, 3.63) is 23.8 Å². The Kier molecular flexibility index (Phi) is 5.44. The lowest BCUT2D eigenvalue weighted by atomic mass is 9.92. The molecule has 2 N–H and O–H groups in total. The van der Waals surface area contributed by atoms with Crippen molar-refractivity contribution in [1.29, 1.82) is 0 Å². The Balaban J connectivity index is 1.45. The van der Waals surface area contributed by atoms with Crippen molar-refractivity contribution < 1.29 is 14.2 Å². The van der Waals surface area contributed by atoms with Crippen LogP contribution in [0.4, 0.5) is 0 Å². The number of nitrogens with one attached hydrogen (secondary N) is 2. The molecule has 5 heteroatoms. The first kappa shape index (κ1) is 17.1. The summed E-state index contributed by atoms with van der Waals surface area (Å²) in [6.07, 6.45) is 4.91. The van der Waals surface area contributed by atoms with Crippen molar-refractivity contribution in [1.82, 2.24) is 10.6 Å². The van der Waals surface area contributed by atoms with E-state index in [0.29, 0.717) is 37.3 Å². The third-order valence-electron chi connectivity index (χ3n) is 5.83. The van der Waals surface area contributed by atoms with Crippen molar-refractivity contribution in [3.63, 3.8) is 0 Å². The van der Waals surface area contributed by atoms with Crippen molar-refractivity contribution in [2.75, 3.05) is 33.0 Å². The van der Waals surface area contributed by atoms with Gasteiger partial charge in [-0.3, -0.25) is 0 Å². The number of ether oxygens (including phenoxy) is 3. The Labute approximate surface area is 150 Å². The van der Waals surface area contributed by atoms with Gasteiger partial charge in [-0.15, -0.1) is 0 Å². The van der Waals surface area contributed by atoms with Crippen molar-refractivity contribution >= 4 is 0 Å². The first-order valence-electron chi connectivity index (χ1n) is 9.82. The van der Waals surface area contributed by atoms with Crippen LogP contribution in [0, 0.1) is 5.92 Å². The quantitative estimate of drug-likeness (QED) is 0.858. The molecule has 25 heavy (non-hydrogen) atoms. The standard InChI is InChI=1S/C20H30N2O3/c1-2-16(14-6-7-19-20(12-14)25-11-10-24-19)22-17-5-3-4-15(17)18-13-23-9-8-21-18/h6-7,12,15-18,21-22H,2-5,8-11,13H2,1H3. The maximum absolute atomic E-state index is 5.77. The second kappa shape index (κ2) is 7.94. The minimum atomic E-state index is 0.353. The molecule has 1 saturated heterocycles. The molecule has 4 atom stereocenters. The molecule has 0 spiro atoms. The fourth-order valence-electron chi connectivity index (χ4n) is 4.52. The number of benzene rings is 1. The highest BCUT2D eigenvalue weighted by Gasteiger charge is 2.35. The van der Waals surface area contributed by atoms with Crippen LogP contribution in [0.25, 0.3) is 0 Å². The molecule has 0 aromatic heterocycles. The molecule has 2 fully saturated rings. The summed E-state index contributed by atoms with van der Waals surface area (Å²) in [7, 11) is 0. The number of morpholine rings is 1. The Hall–Kier alpha value is -1.30. The fourth-order valence-corrected chi connectivity index (χ4v) is 4.52. The number of hydrogen-bond donors (Lipinski definition) is 2. The molecule has 0 amide bonds. The third-order valence-corrected chi connectivity index (χ3v) is 5.83. The SMILES string of the molecule is CCC(NC1CCCC1C1COCCN1)c1ccc2c(c1)OCCO2. The zero-order chi connectivity index (χ0) is 17.1. The van der Waals surface area contributed by atoms with Crippen molar-refractivity contribution in [2.24, 2.45) is 5.92 Å². The topological polar surface area (TPSA) is 51.8 Å². The zero-order valence-corrected chi connectivity index (χ0v) is 15.1. The zero-order valence-electron chi connectivity index (χ0n) is 15.1. The van der Waals surface area contributed by atoms with E-state index in [-0.39, 0.29) is 0 Å².